The van der Waals surface area contributed by atoms with Crippen molar-refractivity contribution in [3.8, 4) is 5.75 Å². The molecule has 8 heteroatoms. The molecule has 0 aromatic heterocycles. The Labute approximate surface area is 213 Å². The molecule has 190 valence electrons. The van der Waals surface area contributed by atoms with Gasteiger partial charge in [0.1, 0.15) is 5.75 Å². The van der Waals surface area contributed by atoms with E-state index in [1.54, 1.807) is 36.4 Å². The lowest BCUT2D eigenvalue weighted by Gasteiger charge is -2.35. The van der Waals surface area contributed by atoms with Crippen LogP contribution in [0.5, 0.6) is 5.75 Å². The number of hydrogen-bond acceptors (Lipinski definition) is 5. The zero-order valence-electron chi connectivity index (χ0n) is 21.2. The van der Waals surface area contributed by atoms with Gasteiger partial charge < -0.3 is 15.0 Å². The lowest BCUT2D eigenvalue weighted by molar-refractivity contribution is -0.127. The molecule has 3 aromatic carbocycles. The van der Waals surface area contributed by atoms with Crippen LogP contribution in [0, 0.1) is 13.8 Å². The maximum Gasteiger partial charge on any atom is 0.264 e. The van der Waals surface area contributed by atoms with Gasteiger partial charge in [0.25, 0.3) is 15.9 Å². The number of nitrogens with zero attached hydrogens (tertiary/aromatic N) is 2. The van der Waals surface area contributed by atoms with Crippen LogP contribution in [-0.2, 0) is 21.4 Å². The highest BCUT2D eigenvalue weighted by atomic mass is 32.2. The van der Waals surface area contributed by atoms with Crippen molar-refractivity contribution in [1.82, 2.24) is 5.32 Å². The number of sulfonamides is 1. The summed E-state index contributed by atoms with van der Waals surface area (Å²) in [6.07, 6.45) is -0.977. The largest absolute Gasteiger partial charge is 0.476 e. The smallest absolute Gasteiger partial charge is 0.264 e. The van der Waals surface area contributed by atoms with E-state index in [1.165, 1.54) is 4.31 Å². The zero-order chi connectivity index (χ0) is 25.9. The van der Waals surface area contributed by atoms with Crippen LogP contribution < -0.4 is 19.3 Å². The van der Waals surface area contributed by atoms with Crippen LogP contribution in [0.3, 0.4) is 0 Å². The number of carbonyl (C=O) groups excluding carboxylic acids is 1. The first-order valence-electron chi connectivity index (χ1n) is 12.2. The minimum absolute atomic E-state index is 0.112. The molecule has 0 radical (unpaired) electrons. The predicted molar refractivity (Wildman–Crippen MR) is 143 cm³/mol. The summed E-state index contributed by atoms with van der Waals surface area (Å²) in [7, 11) is -3.89. The van der Waals surface area contributed by atoms with Crippen molar-refractivity contribution in [3.63, 3.8) is 0 Å². The van der Waals surface area contributed by atoms with E-state index < -0.39 is 16.1 Å². The Kier molecular flexibility index (Phi) is 7.54. The van der Waals surface area contributed by atoms with Crippen LogP contribution in [0.2, 0.25) is 0 Å². The van der Waals surface area contributed by atoms with E-state index in [0.29, 0.717) is 18.0 Å². The third kappa shape index (κ3) is 5.33. The number of amides is 1. The summed E-state index contributed by atoms with van der Waals surface area (Å²) in [4.78, 5) is 15.5. The van der Waals surface area contributed by atoms with Crippen molar-refractivity contribution in [1.29, 1.82) is 0 Å². The monoisotopic (exact) mass is 507 g/mol. The molecule has 36 heavy (non-hydrogen) atoms. The van der Waals surface area contributed by atoms with Crippen LogP contribution in [0.4, 0.5) is 11.4 Å². The average molecular weight is 508 g/mol. The van der Waals surface area contributed by atoms with Crippen molar-refractivity contribution in [2.45, 2.75) is 45.2 Å². The maximum atomic E-state index is 13.6. The number of carbonyl (C=O) groups is 1. The first kappa shape index (κ1) is 25.6. The maximum absolute atomic E-state index is 13.6. The molecule has 7 nitrogen and oxygen atoms in total. The van der Waals surface area contributed by atoms with Crippen molar-refractivity contribution in [2.24, 2.45) is 0 Å². The Morgan fingerprint density at radius 1 is 0.972 bits per heavy atom. The van der Waals surface area contributed by atoms with Gasteiger partial charge in [0.15, 0.2) is 6.10 Å². The number of hydrogen-bond donors (Lipinski definition) is 1. The molecule has 0 saturated heterocycles. The highest BCUT2D eigenvalue weighted by Crippen LogP contribution is 2.37. The summed E-state index contributed by atoms with van der Waals surface area (Å²) in [6, 6.07) is 20.1. The van der Waals surface area contributed by atoms with E-state index >= 15 is 0 Å². The molecule has 1 atom stereocenters. The van der Waals surface area contributed by atoms with Gasteiger partial charge in [0, 0.05) is 25.3 Å². The molecular weight excluding hydrogens is 474 g/mol. The number of nitrogens with one attached hydrogen (secondary N) is 1. The number of rotatable bonds is 8. The van der Waals surface area contributed by atoms with E-state index in [4.69, 9.17) is 4.74 Å². The van der Waals surface area contributed by atoms with Crippen LogP contribution in [0.1, 0.15) is 30.5 Å². The van der Waals surface area contributed by atoms with E-state index in [9.17, 15) is 13.2 Å². The van der Waals surface area contributed by atoms with Crippen molar-refractivity contribution >= 4 is 27.3 Å². The van der Waals surface area contributed by atoms with Gasteiger partial charge in [0.05, 0.1) is 17.1 Å². The highest BCUT2D eigenvalue weighted by molar-refractivity contribution is 7.92. The second-order valence-electron chi connectivity index (χ2n) is 8.98. The molecule has 0 aliphatic carbocycles. The zero-order valence-corrected chi connectivity index (χ0v) is 22.0. The first-order valence-corrected chi connectivity index (χ1v) is 13.6. The van der Waals surface area contributed by atoms with Gasteiger partial charge in [-0.15, -0.1) is 0 Å². The molecule has 0 saturated carbocycles. The first-order chi connectivity index (χ1) is 17.2. The summed E-state index contributed by atoms with van der Waals surface area (Å²) < 4.78 is 34.4. The molecule has 4 rings (SSSR count). The second kappa shape index (κ2) is 10.6. The molecule has 1 aliphatic heterocycles. The molecular formula is C28H33N3O4S. The summed E-state index contributed by atoms with van der Waals surface area (Å²) in [5, 5.41) is 2.91. The Morgan fingerprint density at radius 3 is 2.25 bits per heavy atom. The summed E-state index contributed by atoms with van der Waals surface area (Å²) >= 11 is 0. The molecule has 1 N–H and O–H groups in total. The second-order valence-corrected chi connectivity index (χ2v) is 10.8. The average Bonchev–Trinajstić information content (AvgIpc) is 2.88. The summed E-state index contributed by atoms with van der Waals surface area (Å²) in [5.41, 5.74) is 4.40. The van der Waals surface area contributed by atoms with E-state index in [2.05, 4.69) is 24.1 Å². The summed E-state index contributed by atoms with van der Waals surface area (Å²) in [5.74, 6) is 0.0137. The quantitative estimate of drug-likeness (QED) is 0.488. The van der Waals surface area contributed by atoms with Crippen molar-refractivity contribution < 1.29 is 17.9 Å². The van der Waals surface area contributed by atoms with Gasteiger partial charge in [-0.1, -0.05) is 35.9 Å². The molecule has 0 spiro atoms. The van der Waals surface area contributed by atoms with Crippen LogP contribution >= 0.6 is 0 Å². The number of fused-ring (bicyclic) bond motifs is 1. The van der Waals surface area contributed by atoms with Gasteiger partial charge in [-0.25, -0.2) is 8.42 Å². The van der Waals surface area contributed by atoms with E-state index in [-0.39, 0.29) is 17.3 Å². The van der Waals surface area contributed by atoms with Crippen LogP contribution in [-0.4, -0.2) is 40.1 Å². The van der Waals surface area contributed by atoms with Gasteiger partial charge in [-0.2, -0.15) is 0 Å². The van der Waals surface area contributed by atoms with Crippen LogP contribution in [0.25, 0.3) is 0 Å². The fourth-order valence-electron chi connectivity index (χ4n) is 4.28. The lowest BCUT2D eigenvalue weighted by Crippen LogP contribution is -2.50. The molecule has 0 fully saturated rings. The van der Waals surface area contributed by atoms with E-state index in [0.717, 1.165) is 35.5 Å². The number of anilines is 2. The Hall–Kier alpha value is -3.52. The molecule has 3 aromatic rings. The minimum Gasteiger partial charge on any atom is -0.476 e. The standard InChI is InChI=1S/C28H33N3O4S/c1-5-30(6-2)23-12-10-22(11-13-23)18-29-28(32)27-19-31(25-16-9-21(4)17-26(25)35-27)36(33,34)24-14-7-20(3)8-15-24/h7-17,27H,5-6,18-19H2,1-4H3,(H,29,32)/t27-/m0/s1. The fraction of sp³-hybridized carbons (Fsp3) is 0.321. The van der Waals surface area contributed by atoms with Gasteiger partial charge in [-0.3, -0.25) is 9.10 Å². The number of ether oxygens (including phenoxy) is 1. The highest BCUT2D eigenvalue weighted by Gasteiger charge is 2.37. The third-order valence-corrected chi connectivity index (χ3v) is 8.21. The number of benzene rings is 3. The molecule has 0 bridgehead atoms. The topological polar surface area (TPSA) is 79.0 Å². The molecule has 1 aliphatic rings. The van der Waals surface area contributed by atoms with Crippen molar-refractivity contribution in [2.75, 3.05) is 28.8 Å². The van der Waals surface area contributed by atoms with Crippen molar-refractivity contribution in [3.05, 3.63) is 83.4 Å². The van der Waals surface area contributed by atoms with Crippen LogP contribution in [0.15, 0.2) is 71.6 Å². The predicted octanol–water partition coefficient (Wildman–Crippen LogP) is 4.42. The fourth-order valence-corrected chi connectivity index (χ4v) is 5.76. The lowest BCUT2D eigenvalue weighted by atomic mass is 10.1. The minimum atomic E-state index is -3.89. The number of aryl methyl sites for hydroxylation is 2. The Balaban J connectivity index is 1.53. The van der Waals surface area contributed by atoms with Gasteiger partial charge in [-0.05, 0) is 75.2 Å². The van der Waals surface area contributed by atoms with E-state index in [1.807, 2.05) is 44.2 Å². The normalized spacial score (nSPS) is 15.1. The van der Waals surface area contributed by atoms with Gasteiger partial charge in [0.2, 0.25) is 0 Å². The third-order valence-electron chi connectivity index (χ3n) is 6.42. The molecule has 1 heterocycles. The Bertz CT molecular complexity index is 1320. The van der Waals surface area contributed by atoms with Gasteiger partial charge >= 0.3 is 0 Å². The molecule has 0 unspecified atom stereocenters. The Morgan fingerprint density at radius 2 is 1.61 bits per heavy atom. The SMILES string of the molecule is CCN(CC)c1ccc(CNC(=O)[C@@H]2CN(S(=O)(=O)c3ccc(C)cc3)c3ccc(C)cc3O2)cc1. The summed E-state index contributed by atoms with van der Waals surface area (Å²) in [6.45, 7) is 10.1. The molecule has 1 amide bonds.